The van der Waals surface area contributed by atoms with E-state index in [2.05, 4.69) is 9.97 Å². The summed E-state index contributed by atoms with van der Waals surface area (Å²) < 4.78 is 19.4. The molecule has 0 spiro atoms. The van der Waals surface area contributed by atoms with E-state index in [4.69, 9.17) is 22.1 Å². The lowest BCUT2D eigenvalue weighted by molar-refractivity contribution is -0.123. The number of benzene rings is 2. The van der Waals surface area contributed by atoms with Crippen LogP contribution in [0.4, 0.5) is 4.39 Å². The second-order valence-electron chi connectivity index (χ2n) is 9.84. The van der Waals surface area contributed by atoms with Crippen LogP contribution in [0.2, 0.25) is 5.02 Å². The molecule has 0 fully saturated rings. The number of carbonyl (C=O) groups is 2. The number of ketones is 1. The zero-order valence-electron chi connectivity index (χ0n) is 20.3. The highest BCUT2D eigenvalue weighted by molar-refractivity contribution is 6.31. The molecule has 1 aliphatic heterocycles. The van der Waals surface area contributed by atoms with Gasteiger partial charge in [0, 0.05) is 33.5 Å². The van der Waals surface area contributed by atoms with Crippen molar-refractivity contribution in [1.82, 2.24) is 9.97 Å². The van der Waals surface area contributed by atoms with Crippen LogP contribution in [0.1, 0.15) is 48.4 Å². The van der Waals surface area contributed by atoms with Crippen LogP contribution in [0.15, 0.2) is 54.6 Å². The van der Waals surface area contributed by atoms with Gasteiger partial charge in [-0.15, -0.1) is 0 Å². The normalized spacial score (nSPS) is 18.3. The van der Waals surface area contributed by atoms with Gasteiger partial charge in [0.25, 0.3) is 0 Å². The summed E-state index contributed by atoms with van der Waals surface area (Å²) in [6, 6.07) is 14.4. The number of halogens is 2. The number of aromatic amines is 1. The molecule has 0 radical (unpaired) electrons. The third-order valence-electron chi connectivity index (χ3n) is 7.01. The minimum Gasteiger partial charge on any atom is -0.489 e. The van der Waals surface area contributed by atoms with Crippen LogP contribution < -0.4 is 10.5 Å². The third-order valence-corrected chi connectivity index (χ3v) is 7.24. The number of aromatic nitrogens is 2. The fourth-order valence-corrected chi connectivity index (χ4v) is 4.71. The van der Waals surface area contributed by atoms with Gasteiger partial charge in [-0.1, -0.05) is 17.7 Å². The van der Waals surface area contributed by atoms with Gasteiger partial charge in [-0.25, -0.2) is 9.37 Å². The maximum absolute atomic E-state index is 13.6. The summed E-state index contributed by atoms with van der Waals surface area (Å²) in [6.45, 7) is 3.24. The molecule has 37 heavy (non-hydrogen) atoms. The van der Waals surface area contributed by atoms with Gasteiger partial charge in [-0.05, 0) is 68.8 Å². The van der Waals surface area contributed by atoms with Crippen molar-refractivity contribution in [3.63, 3.8) is 0 Å². The van der Waals surface area contributed by atoms with Crippen LogP contribution in [0.25, 0.3) is 22.2 Å². The number of pyridine rings is 1. The Morgan fingerprint density at radius 1 is 1.22 bits per heavy atom. The second kappa shape index (κ2) is 8.97. The summed E-state index contributed by atoms with van der Waals surface area (Å²) in [5.74, 6) is -0.815. The molecule has 1 amide bonds. The van der Waals surface area contributed by atoms with Crippen LogP contribution in [0.5, 0.6) is 5.75 Å². The Labute approximate surface area is 217 Å². The summed E-state index contributed by atoms with van der Waals surface area (Å²) in [4.78, 5) is 33.1. The number of aliphatic hydroxyl groups is 1. The van der Waals surface area contributed by atoms with E-state index in [1.165, 1.54) is 12.1 Å². The largest absolute Gasteiger partial charge is 0.489 e. The summed E-state index contributed by atoms with van der Waals surface area (Å²) in [5.41, 5.74) is 5.85. The molecule has 3 heterocycles. The van der Waals surface area contributed by atoms with Crippen molar-refractivity contribution in [2.24, 2.45) is 5.73 Å². The lowest BCUT2D eigenvalue weighted by Gasteiger charge is -2.25. The molecule has 0 saturated carbocycles. The highest BCUT2D eigenvalue weighted by atomic mass is 35.5. The molecule has 4 N–H and O–H groups in total. The molecule has 4 aromatic rings. The molecule has 1 aliphatic rings. The van der Waals surface area contributed by atoms with Gasteiger partial charge < -0.3 is 20.6 Å². The first-order valence-electron chi connectivity index (χ1n) is 11.8. The Morgan fingerprint density at radius 2 is 1.95 bits per heavy atom. The predicted octanol–water partition coefficient (Wildman–Crippen LogP) is 5.03. The number of H-pyrrole nitrogens is 1. The molecule has 5 rings (SSSR count). The summed E-state index contributed by atoms with van der Waals surface area (Å²) in [5, 5.41) is 12.9. The smallest absolute Gasteiger partial charge is 0.231 e. The van der Waals surface area contributed by atoms with Crippen molar-refractivity contribution >= 4 is 34.2 Å². The van der Waals surface area contributed by atoms with Gasteiger partial charge >= 0.3 is 0 Å². The number of nitrogens with zero attached hydrogens (tertiary/aromatic N) is 1. The van der Waals surface area contributed by atoms with Crippen LogP contribution in [-0.2, 0) is 15.8 Å². The molecule has 0 saturated heterocycles. The van der Waals surface area contributed by atoms with Gasteiger partial charge in [0.2, 0.25) is 5.91 Å². The lowest BCUT2D eigenvalue weighted by Crippen LogP contribution is -2.40. The van der Waals surface area contributed by atoms with Crippen LogP contribution >= 0.6 is 11.6 Å². The summed E-state index contributed by atoms with van der Waals surface area (Å²) >= 11 is 6.04. The maximum atomic E-state index is 13.6. The first-order valence-corrected chi connectivity index (χ1v) is 12.1. The number of ether oxygens (including phenoxy) is 1. The van der Waals surface area contributed by atoms with Crippen molar-refractivity contribution in [2.75, 3.05) is 6.61 Å². The van der Waals surface area contributed by atoms with Gasteiger partial charge in [0.1, 0.15) is 34.9 Å². The number of Topliss-reactive ketones (excluding diaryl/α,β-unsaturated/α-hetero) is 1. The minimum absolute atomic E-state index is 0.0159. The molecule has 2 aromatic heterocycles. The monoisotopic (exact) mass is 521 g/mol. The topological polar surface area (TPSA) is 118 Å². The van der Waals surface area contributed by atoms with E-state index in [0.717, 1.165) is 10.9 Å². The van der Waals surface area contributed by atoms with Crippen LogP contribution in [0, 0.1) is 5.82 Å². The SMILES string of the molecule is C[C@](O)(CCC(=O)c1cc2ccc(Cl)cc2[nH]1)c1cc2c(c(-c3ccc(F)cc3)n1)OC[C@]2(C)C(N)=O. The average Bonchev–Trinajstić information content (AvgIpc) is 3.44. The van der Waals surface area contributed by atoms with E-state index in [1.807, 2.05) is 6.07 Å². The fourth-order valence-electron chi connectivity index (χ4n) is 4.54. The standard InChI is InChI=1S/C28H25ClFN3O4/c1-27(26(31)35)14-37-25-19(27)13-23(33-24(25)15-4-7-18(30)8-5-15)28(2,36)10-9-22(34)21-11-16-3-6-17(29)12-20(16)32-21/h3-8,11-13,32,36H,9-10,14H2,1-2H3,(H2,31,35)/t27-,28-/m0/s1. The van der Waals surface area contributed by atoms with Gasteiger partial charge in [-0.3, -0.25) is 9.59 Å². The lowest BCUT2D eigenvalue weighted by atomic mass is 9.81. The number of hydrogen-bond donors (Lipinski definition) is 3. The average molecular weight is 522 g/mol. The van der Waals surface area contributed by atoms with E-state index in [-0.39, 0.29) is 30.9 Å². The molecular formula is C28H25ClFN3O4. The highest BCUT2D eigenvalue weighted by Gasteiger charge is 2.45. The van der Waals surface area contributed by atoms with E-state index in [9.17, 15) is 19.1 Å². The van der Waals surface area contributed by atoms with Gasteiger partial charge in [0.15, 0.2) is 5.78 Å². The Bertz CT molecular complexity index is 1550. The Morgan fingerprint density at radius 3 is 2.65 bits per heavy atom. The van der Waals surface area contributed by atoms with Crippen molar-refractivity contribution in [2.45, 2.75) is 37.7 Å². The molecule has 190 valence electrons. The molecule has 0 aliphatic carbocycles. The first-order chi connectivity index (χ1) is 17.5. The number of carbonyl (C=O) groups excluding carboxylic acids is 2. The predicted molar refractivity (Wildman–Crippen MR) is 138 cm³/mol. The molecule has 2 atom stereocenters. The molecule has 0 bridgehead atoms. The zero-order valence-corrected chi connectivity index (χ0v) is 21.0. The number of rotatable bonds is 7. The van der Waals surface area contributed by atoms with Crippen LogP contribution in [-0.4, -0.2) is 33.4 Å². The van der Waals surface area contributed by atoms with Crippen molar-refractivity contribution in [3.8, 4) is 17.0 Å². The third kappa shape index (κ3) is 4.47. The van der Waals surface area contributed by atoms with Gasteiger partial charge in [-0.2, -0.15) is 0 Å². The molecule has 9 heteroatoms. The molecule has 2 aromatic carbocycles. The first kappa shape index (κ1) is 24.9. The minimum atomic E-state index is -1.53. The summed E-state index contributed by atoms with van der Waals surface area (Å²) in [6.07, 6.45) is 0.0898. The maximum Gasteiger partial charge on any atom is 0.231 e. The Kier molecular flexibility index (Phi) is 6.04. The van der Waals surface area contributed by atoms with Crippen molar-refractivity contribution in [3.05, 3.63) is 82.4 Å². The quantitative estimate of drug-likeness (QED) is 0.295. The number of fused-ring (bicyclic) bond motifs is 2. The van der Waals surface area contributed by atoms with Crippen molar-refractivity contribution in [1.29, 1.82) is 0 Å². The zero-order chi connectivity index (χ0) is 26.5. The van der Waals surface area contributed by atoms with E-state index < -0.39 is 22.7 Å². The molecule has 0 unspecified atom stereocenters. The number of amides is 1. The van der Waals surface area contributed by atoms with E-state index in [0.29, 0.717) is 33.3 Å². The Balaban J connectivity index is 1.49. The van der Waals surface area contributed by atoms with Crippen molar-refractivity contribution < 1.29 is 23.8 Å². The molecular weight excluding hydrogens is 497 g/mol. The number of nitrogens with two attached hydrogens (primary N) is 1. The van der Waals surface area contributed by atoms with Gasteiger partial charge in [0.05, 0.1) is 11.4 Å². The number of hydrogen-bond acceptors (Lipinski definition) is 5. The number of nitrogens with one attached hydrogen (secondary N) is 1. The van der Waals surface area contributed by atoms with E-state index >= 15 is 0 Å². The van der Waals surface area contributed by atoms with Crippen LogP contribution in [0.3, 0.4) is 0 Å². The highest BCUT2D eigenvalue weighted by Crippen LogP contribution is 2.46. The fraction of sp³-hybridized carbons (Fsp3) is 0.250. The molecule has 7 nitrogen and oxygen atoms in total. The second-order valence-corrected chi connectivity index (χ2v) is 10.3. The summed E-state index contributed by atoms with van der Waals surface area (Å²) in [7, 11) is 0. The number of primary amides is 1. The Hall–Kier alpha value is -3.75. The van der Waals surface area contributed by atoms with E-state index in [1.54, 1.807) is 50.2 Å².